The van der Waals surface area contributed by atoms with Gasteiger partial charge in [-0.25, -0.2) is 0 Å². The van der Waals surface area contributed by atoms with E-state index < -0.39 is 0 Å². The van der Waals surface area contributed by atoms with Gasteiger partial charge in [-0.3, -0.25) is 9.20 Å². The van der Waals surface area contributed by atoms with Crippen LogP contribution in [-0.4, -0.2) is 46.0 Å². The Balaban J connectivity index is 1.82. The smallest absolute Gasteiger partial charge is 0.233 e. The number of pyridine rings is 1. The molecule has 0 saturated heterocycles. The Morgan fingerprint density at radius 1 is 1.36 bits per heavy atom. The molecule has 1 aromatic carbocycles. The van der Waals surface area contributed by atoms with Crippen molar-refractivity contribution in [2.24, 2.45) is 0 Å². The fourth-order valence-corrected chi connectivity index (χ4v) is 3.63. The number of nitrogens with one attached hydrogen (secondary N) is 1. The van der Waals surface area contributed by atoms with Crippen molar-refractivity contribution in [1.29, 1.82) is 0 Å². The minimum Gasteiger partial charge on any atom is -0.385 e. The third-order valence-electron chi connectivity index (χ3n) is 4.05. The highest BCUT2D eigenvalue weighted by molar-refractivity contribution is 8.00. The van der Waals surface area contributed by atoms with Crippen LogP contribution in [0.4, 0.5) is 0 Å². The number of aromatic nitrogens is 3. The maximum atomic E-state index is 12.3. The second-order valence-electron chi connectivity index (χ2n) is 5.92. The summed E-state index contributed by atoms with van der Waals surface area (Å²) in [4.78, 5) is 12.3. The summed E-state index contributed by atoms with van der Waals surface area (Å²) in [6.45, 7) is 5.20. The lowest BCUT2D eigenvalue weighted by Crippen LogP contribution is -2.32. The molecule has 1 unspecified atom stereocenters. The summed E-state index contributed by atoms with van der Waals surface area (Å²) in [5.74, 6) is -0.00531. The number of aryl methyl sites for hydroxylation is 1. The van der Waals surface area contributed by atoms with Crippen molar-refractivity contribution in [1.82, 2.24) is 19.9 Å². The topological polar surface area (TPSA) is 68.5 Å². The highest BCUT2D eigenvalue weighted by Crippen LogP contribution is 2.27. The van der Waals surface area contributed by atoms with Gasteiger partial charge in [0.2, 0.25) is 5.91 Å². The van der Waals surface area contributed by atoms with Crippen molar-refractivity contribution >= 4 is 34.2 Å². The van der Waals surface area contributed by atoms with Crippen LogP contribution in [0, 0.1) is 6.92 Å². The average molecular weight is 358 g/mol. The predicted molar refractivity (Wildman–Crippen MR) is 100 cm³/mol. The predicted octanol–water partition coefficient (Wildman–Crippen LogP) is 2.82. The van der Waals surface area contributed by atoms with Gasteiger partial charge in [0.05, 0.1) is 10.8 Å². The van der Waals surface area contributed by atoms with E-state index in [0.717, 1.165) is 33.7 Å². The maximum absolute atomic E-state index is 12.3. The molecular formula is C18H22N4O2S. The lowest BCUT2D eigenvalue weighted by molar-refractivity contribution is -0.120. The molecule has 0 fully saturated rings. The molecule has 1 N–H and O–H groups in total. The zero-order valence-electron chi connectivity index (χ0n) is 14.7. The average Bonchev–Trinajstić information content (AvgIpc) is 3.01. The van der Waals surface area contributed by atoms with Crippen LogP contribution in [0.15, 0.2) is 35.5 Å². The normalized spacial score (nSPS) is 12.6. The van der Waals surface area contributed by atoms with Crippen LogP contribution in [-0.2, 0) is 9.53 Å². The first-order valence-corrected chi connectivity index (χ1v) is 9.16. The number of amides is 1. The summed E-state index contributed by atoms with van der Waals surface area (Å²) in [6.07, 6.45) is 0.803. The number of methoxy groups -OCH3 is 1. The molecule has 7 heteroatoms. The summed E-state index contributed by atoms with van der Waals surface area (Å²) >= 11 is 1.42. The third kappa shape index (κ3) is 3.77. The van der Waals surface area contributed by atoms with Crippen molar-refractivity contribution < 1.29 is 9.53 Å². The van der Waals surface area contributed by atoms with Gasteiger partial charge in [0.25, 0.3) is 0 Å². The summed E-state index contributed by atoms with van der Waals surface area (Å²) in [5, 5.41) is 13.1. The van der Waals surface area contributed by atoms with Gasteiger partial charge in [-0.2, -0.15) is 0 Å². The molecule has 25 heavy (non-hydrogen) atoms. The van der Waals surface area contributed by atoms with Crippen LogP contribution in [0.1, 0.15) is 18.9 Å². The van der Waals surface area contributed by atoms with Gasteiger partial charge in [-0.1, -0.05) is 30.0 Å². The van der Waals surface area contributed by atoms with Gasteiger partial charge in [0.1, 0.15) is 0 Å². The van der Waals surface area contributed by atoms with Crippen molar-refractivity contribution in [2.45, 2.75) is 30.7 Å². The van der Waals surface area contributed by atoms with Gasteiger partial charge in [-0.05, 0) is 38.0 Å². The molecular weight excluding hydrogens is 336 g/mol. The molecule has 3 aromatic rings. The molecule has 1 atom stereocenters. The molecule has 0 saturated carbocycles. The van der Waals surface area contributed by atoms with Crippen LogP contribution in [0.5, 0.6) is 0 Å². The number of para-hydroxylation sites is 1. The summed E-state index contributed by atoms with van der Waals surface area (Å²) in [7, 11) is 1.66. The third-order valence-corrected chi connectivity index (χ3v) is 5.09. The highest BCUT2D eigenvalue weighted by Gasteiger charge is 2.19. The Morgan fingerprint density at radius 3 is 2.96 bits per heavy atom. The molecule has 0 radical (unpaired) electrons. The molecule has 0 aliphatic rings. The molecule has 6 nitrogen and oxygen atoms in total. The van der Waals surface area contributed by atoms with E-state index in [1.165, 1.54) is 11.8 Å². The molecule has 2 heterocycles. The quantitative estimate of drug-likeness (QED) is 0.520. The summed E-state index contributed by atoms with van der Waals surface area (Å²) in [6, 6.07) is 10.2. The Morgan fingerprint density at radius 2 is 2.16 bits per heavy atom. The summed E-state index contributed by atoms with van der Waals surface area (Å²) in [5.41, 5.74) is 3.01. The number of rotatable bonds is 7. The van der Waals surface area contributed by atoms with Crippen LogP contribution < -0.4 is 5.32 Å². The van der Waals surface area contributed by atoms with E-state index in [2.05, 4.69) is 34.6 Å². The number of hydrogen-bond donors (Lipinski definition) is 1. The fourth-order valence-electron chi connectivity index (χ4n) is 2.73. The number of thioether (sulfide) groups is 1. The Bertz CT molecular complexity index is 893. The monoisotopic (exact) mass is 358 g/mol. The van der Waals surface area contributed by atoms with Gasteiger partial charge in [0.15, 0.2) is 10.8 Å². The number of hydrogen-bond acceptors (Lipinski definition) is 5. The minimum atomic E-state index is -0.255. The van der Waals surface area contributed by atoms with Gasteiger partial charge in [0, 0.05) is 25.6 Å². The van der Waals surface area contributed by atoms with E-state index in [9.17, 15) is 4.79 Å². The van der Waals surface area contributed by atoms with Crippen molar-refractivity contribution in [3.63, 3.8) is 0 Å². The van der Waals surface area contributed by atoms with Crippen molar-refractivity contribution in [3.8, 4) is 0 Å². The maximum Gasteiger partial charge on any atom is 0.233 e. The zero-order chi connectivity index (χ0) is 17.8. The zero-order valence-corrected chi connectivity index (χ0v) is 15.5. The first-order chi connectivity index (χ1) is 12.1. The summed E-state index contributed by atoms with van der Waals surface area (Å²) < 4.78 is 7.01. The van der Waals surface area contributed by atoms with Crippen LogP contribution >= 0.6 is 11.8 Å². The van der Waals surface area contributed by atoms with Gasteiger partial charge < -0.3 is 10.1 Å². The highest BCUT2D eigenvalue weighted by atomic mass is 32.2. The standard InChI is InChI=1S/C18H22N4O2S/c1-12-11-16-20-21-18(22(16)15-8-5-4-7-14(12)15)25-13(2)17(23)19-9-6-10-24-3/h4-5,7-8,11,13H,6,9-10H2,1-3H3,(H,19,23). The Kier molecular flexibility index (Phi) is 5.55. The van der Waals surface area contributed by atoms with Crippen molar-refractivity contribution in [2.75, 3.05) is 20.3 Å². The van der Waals surface area contributed by atoms with E-state index in [1.54, 1.807) is 7.11 Å². The molecule has 0 aliphatic heterocycles. The number of benzene rings is 1. The van der Waals surface area contributed by atoms with E-state index in [1.807, 2.05) is 29.5 Å². The first-order valence-electron chi connectivity index (χ1n) is 8.28. The second-order valence-corrected chi connectivity index (χ2v) is 7.23. The fraction of sp³-hybridized carbons (Fsp3) is 0.389. The first kappa shape index (κ1) is 17.7. The van der Waals surface area contributed by atoms with Crippen LogP contribution in [0.25, 0.3) is 16.6 Å². The number of nitrogens with zero attached hydrogens (tertiary/aromatic N) is 3. The van der Waals surface area contributed by atoms with E-state index >= 15 is 0 Å². The molecule has 132 valence electrons. The number of carbonyl (C=O) groups is 1. The molecule has 0 bridgehead atoms. The molecule has 2 aromatic heterocycles. The number of fused-ring (bicyclic) bond motifs is 3. The van der Waals surface area contributed by atoms with Gasteiger partial charge >= 0.3 is 0 Å². The second kappa shape index (κ2) is 7.84. The minimum absolute atomic E-state index is 0.00531. The largest absolute Gasteiger partial charge is 0.385 e. The lowest BCUT2D eigenvalue weighted by atomic mass is 10.1. The Hall–Kier alpha value is -2.12. The van der Waals surface area contributed by atoms with Crippen LogP contribution in [0.2, 0.25) is 0 Å². The molecule has 3 rings (SSSR count). The van der Waals surface area contributed by atoms with E-state index in [-0.39, 0.29) is 11.2 Å². The SMILES string of the molecule is COCCCNC(=O)C(C)Sc1nnc2cc(C)c3ccccc3n12. The Labute approximate surface area is 151 Å². The number of carbonyl (C=O) groups excluding carboxylic acids is 1. The molecule has 0 spiro atoms. The van der Waals surface area contributed by atoms with Crippen molar-refractivity contribution in [3.05, 3.63) is 35.9 Å². The van der Waals surface area contributed by atoms with E-state index in [4.69, 9.17) is 4.74 Å². The van der Waals surface area contributed by atoms with Gasteiger partial charge in [-0.15, -0.1) is 10.2 Å². The number of ether oxygens (including phenoxy) is 1. The lowest BCUT2D eigenvalue weighted by Gasteiger charge is -2.12. The molecule has 1 amide bonds. The van der Waals surface area contributed by atoms with E-state index in [0.29, 0.717) is 13.2 Å². The van der Waals surface area contributed by atoms with Crippen LogP contribution in [0.3, 0.4) is 0 Å². The molecule has 0 aliphatic carbocycles.